The lowest BCUT2D eigenvalue weighted by Gasteiger charge is -2.35. The largest absolute Gasteiger partial charge is 0.396 e. The van der Waals surface area contributed by atoms with Crippen LogP contribution in [0.5, 0.6) is 0 Å². The number of nitrogens with zero attached hydrogens (tertiary/aromatic N) is 3. The Kier molecular flexibility index (Phi) is 4.27. The van der Waals surface area contributed by atoms with Gasteiger partial charge in [0.1, 0.15) is 5.82 Å². The van der Waals surface area contributed by atoms with Crippen molar-refractivity contribution in [3.8, 4) is 0 Å². The molecule has 1 aliphatic rings. The van der Waals surface area contributed by atoms with Gasteiger partial charge in [-0.15, -0.1) is 0 Å². The Morgan fingerprint density at radius 1 is 1.53 bits per heavy atom. The van der Waals surface area contributed by atoms with E-state index in [-0.39, 0.29) is 17.7 Å². The van der Waals surface area contributed by atoms with Crippen molar-refractivity contribution in [2.24, 2.45) is 7.05 Å². The van der Waals surface area contributed by atoms with Crippen molar-refractivity contribution in [2.45, 2.75) is 43.7 Å². The van der Waals surface area contributed by atoms with Gasteiger partial charge in [-0.3, -0.25) is 0 Å². The summed E-state index contributed by atoms with van der Waals surface area (Å²) in [6.45, 7) is 2.14. The van der Waals surface area contributed by atoms with E-state index < -0.39 is 10.0 Å². The minimum atomic E-state index is -3.54. The van der Waals surface area contributed by atoms with Gasteiger partial charge in [0.15, 0.2) is 5.03 Å². The quantitative estimate of drug-likeness (QED) is 0.833. The number of hydrogen-bond donors (Lipinski definition) is 1. The highest BCUT2D eigenvalue weighted by molar-refractivity contribution is 7.89. The van der Waals surface area contributed by atoms with Crippen LogP contribution in [0.4, 0.5) is 0 Å². The normalized spacial score (nSPS) is 16.8. The summed E-state index contributed by atoms with van der Waals surface area (Å²) < 4.78 is 28.4. The molecule has 7 heteroatoms. The number of sulfonamides is 1. The molecule has 2 rings (SSSR count). The Bertz CT molecular complexity index is 515. The number of hydrogen-bond acceptors (Lipinski definition) is 4. The van der Waals surface area contributed by atoms with E-state index in [9.17, 15) is 8.42 Å². The molecule has 1 aliphatic carbocycles. The van der Waals surface area contributed by atoms with Gasteiger partial charge in [0.05, 0.1) is 0 Å². The lowest BCUT2D eigenvalue weighted by molar-refractivity contribution is 0.198. The smallest absolute Gasteiger partial charge is 0.262 e. The first-order valence-corrected chi connectivity index (χ1v) is 8.03. The fourth-order valence-electron chi connectivity index (χ4n) is 2.17. The second kappa shape index (κ2) is 5.60. The zero-order valence-electron chi connectivity index (χ0n) is 11.4. The van der Waals surface area contributed by atoms with Crippen LogP contribution in [0.3, 0.4) is 0 Å². The zero-order valence-corrected chi connectivity index (χ0v) is 12.2. The molecule has 6 nitrogen and oxygen atoms in total. The molecule has 1 aromatic rings. The lowest BCUT2D eigenvalue weighted by Crippen LogP contribution is -2.44. The molecule has 19 heavy (non-hydrogen) atoms. The van der Waals surface area contributed by atoms with Gasteiger partial charge in [-0.2, -0.15) is 4.31 Å². The second-order valence-electron chi connectivity index (χ2n) is 5.01. The molecule has 0 spiro atoms. The van der Waals surface area contributed by atoms with Crippen molar-refractivity contribution >= 4 is 10.0 Å². The maximum Gasteiger partial charge on any atom is 0.262 e. The van der Waals surface area contributed by atoms with E-state index in [4.69, 9.17) is 5.11 Å². The average Bonchev–Trinajstić information content (AvgIpc) is 2.63. The second-order valence-corrected chi connectivity index (χ2v) is 6.85. The average molecular weight is 287 g/mol. The van der Waals surface area contributed by atoms with Crippen molar-refractivity contribution in [3.63, 3.8) is 0 Å². The van der Waals surface area contributed by atoms with Gasteiger partial charge in [-0.1, -0.05) is 6.42 Å². The minimum absolute atomic E-state index is 0.0000139. The zero-order chi connectivity index (χ0) is 14.0. The highest BCUT2D eigenvalue weighted by Crippen LogP contribution is 2.29. The molecule has 1 heterocycles. The van der Waals surface area contributed by atoms with Crippen LogP contribution in [0.15, 0.2) is 11.2 Å². The molecular weight excluding hydrogens is 266 g/mol. The third kappa shape index (κ3) is 2.82. The van der Waals surface area contributed by atoms with Crippen molar-refractivity contribution in [1.29, 1.82) is 0 Å². The van der Waals surface area contributed by atoms with Crippen molar-refractivity contribution in [3.05, 3.63) is 12.0 Å². The van der Waals surface area contributed by atoms with E-state index in [2.05, 4.69) is 4.98 Å². The molecule has 0 bridgehead atoms. The summed E-state index contributed by atoms with van der Waals surface area (Å²) in [5.74, 6) is 0.675. The van der Waals surface area contributed by atoms with Gasteiger partial charge in [-0.05, 0) is 26.2 Å². The van der Waals surface area contributed by atoms with E-state index in [0.717, 1.165) is 19.3 Å². The highest BCUT2D eigenvalue weighted by Gasteiger charge is 2.35. The summed E-state index contributed by atoms with van der Waals surface area (Å²) in [5, 5.41) is 9.04. The summed E-state index contributed by atoms with van der Waals surface area (Å²) in [6.07, 6.45) is 4.88. The van der Waals surface area contributed by atoms with Gasteiger partial charge < -0.3 is 9.67 Å². The first kappa shape index (κ1) is 14.5. The summed E-state index contributed by atoms with van der Waals surface area (Å²) in [4.78, 5) is 4.12. The molecule has 0 atom stereocenters. The molecule has 0 amide bonds. The standard InChI is InChI=1S/C12H21N3O3S/c1-10-13-12(9-14(10)2)19(17,18)15(7-4-8-16)11-5-3-6-11/h9,11,16H,3-8H2,1-2H3. The van der Waals surface area contributed by atoms with E-state index in [1.807, 2.05) is 0 Å². The van der Waals surface area contributed by atoms with Crippen LogP contribution in [-0.2, 0) is 17.1 Å². The summed E-state index contributed by atoms with van der Waals surface area (Å²) >= 11 is 0. The molecule has 0 aliphatic heterocycles. The number of aliphatic hydroxyl groups excluding tert-OH is 1. The predicted octanol–water partition coefficient (Wildman–Crippen LogP) is 0.654. The number of imidazole rings is 1. The Hall–Kier alpha value is -0.920. The SMILES string of the molecule is Cc1nc(S(=O)(=O)N(CCCO)C2CCC2)cn1C. The Balaban J connectivity index is 2.27. The molecule has 0 unspecified atom stereocenters. The maximum atomic E-state index is 12.6. The summed E-state index contributed by atoms with van der Waals surface area (Å²) in [7, 11) is -1.76. The molecule has 0 aromatic carbocycles. The molecule has 1 N–H and O–H groups in total. The molecule has 0 saturated heterocycles. The van der Waals surface area contributed by atoms with Crippen LogP contribution in [0, 0.1) is 6.92 Å². The van der Waals surface area contributed by atoms with Gasteiger partial charge in [0.25, 0.3) is 10.0 Å². The summed E-state index contributed by atoms with van der Waals surface area (Å²) in [5.41, 5.74) is 0. The highest BCUT2D eigenvalue weighted by atomic mass is 32.2. The van der Waals surface area contributed by atoms with E-state index >= 15 is 0 Å². The van der Waals surface area contributed by atoms with Crippen LogP contribution in [0.2, 0.25) is 0 Å². The monoisotopic (exact) mass is 287 g/mol. The molecule has 1 aromatic heterocycles. The molecule has 0 radical (unpaired) electrons. The van der Waals surface area contributed by atoms with Crippen molar-refractivity contribution < 1.29 is 13.5 Å². The van der Waals surface area contributed by atoms with Gasteiger partial charge in [-0.25, -0.2) is 13.4 Å². The van der Waals surface area contributed by atoms with Gasteiger partial charge >= 0.3 is 0 Å². The van der Waals surface area contributed by atoms with Crippen LogP contribution in [0.25, 0.3) is 0 Å². The van der Waals surface area contributed by atoms with Crippen LogP contribution in [0.1, 0.15) is 31.5 Å². The molecule has 108 valence electrons. The van der Waals surface area contributed by atoms with E-state index in [0.29, 0.717) is 18.8 Å². The number of rotatable bonds is 6. The van der Waals surface area contributed by atoms with Crippen LogP contribution in [-0.4, -0.2) is 46.6 Å². The summed E-state index contributed by atoms with van der Waals surface area (Å²) in [6, 6.07) is 0.0684. The van der Waals surface area contributed by atoms with Crippen LogP contribution >= 0.6 is 0 Å². The van der Waals surface area contributed by atoms with Crippen molar-refractivity contribution in [1.82, 2.24) is 13.9 Å². The van der Waals surface area contributed by atoms with E-state index in [1.165, 1.54) is 4.31 Å². The maximum absolute atomic E-state index is 12.6. The molecular formula is C12H21N3O3S. The Morgan fingerprint density at radius 3 is 2.63 bits per heavy atom. The van der Waals surface area contributed by atoms with Crippen LogP contribution < -0.4 is 0 Å². The predicted molar refractivity (Wildman–Crippen MR) is 71.2 cm³/mol. The lowest BCUT2D eigenvalue weighted by atomic mass is 9.93. The first-order valence-electron chi connectivity index (χ1n) is 6.59. The fourth-order valence-corrected chi connectivity index (χ4v) is 3.92. The first-order chi connectivity index (χ1) is 8.96. The Labute approximate surface area is 114 Å². The minimum Gasteiger partial charge on any atom is -0.396 e. The fraction of sp³-hybridized carbons (Fsp3) is 0.750. The molecule has 1 saturated carbocycles. The van der Waals surface area contributed by atoms with E-state index in [1.54, 1.807) is 24.7 Å². The Morgan fingerprint density at radius 2 is 2.21 bits per heavy atom. The number of aromatic nitrogens is 2. The third-order valence-corrected chi connectivity index (χ3v) is 5.50. The molecule has 1 fully saturated rings. The number of aliphatic hydroxyl groups is 1. The number of aryl methyl sites for hydroxylation is 2. The van der Waals surface area contributed by atoms with Gasteiger partial charge in [0, 0.05) is 32.4 Å². The third-order valence-electron chi connectivity index (χ3n) is 3.68. The topological polar surface area (TPSA) is 75.4 Å². The van der Waals surface area contributed by atoms with Gasteiger partial charge in [0.2, 0.25) is 0 Å². The van der Waals surface area contributed by atoms with Crippen molar-refractivity contribution in [2.75, 3.05) is 13.2 Å².